The van der Waals surface area contributed by atoms with Crippen molar-refractivity contribution >= 4 is 5.69 Å². The molecule has 0 radical (unpaired) electrons. The van der Waals surface area contributed by atoms with Gasteiger partial charge in [-0.3, -0.25) is 4.98 Å². The fourth-order valence-electron chi connectivity index (χ4n) is 2.98. The van der Waals surface area contributed by atoms with Crippen LogP contribution in [0.5, 0.6) is 0 Å². The molecular formula is C15H25N3. The molecule has 100 valence electrons. The molecule has 0 aromatic carbocycles. The Hall–Kier alpha value is -1.09. The van der Waals surface area contributed by atoms with E-state index in [1.807, 2.05) is 12.4 Å². The van der Waals surface area contributed by atoms with Gasteiger partial charge >= 0.3 is 0 Å². The number of anilines is 1. The van der Waals surface area contributed by atoms with Crippen molar-refractivity contribution in [2.45, 2.75) is 33.7 Å². The van der Waals surface area contributed by atoms with Crippen LogP contribution in [0.15, 0.2) is 18.5 Å². The molecule has 1 aliphatic heterocycles. The Morgan fingerprint density at radius 3 is 2.72 bits per heavy atom. The van der Waals surface area contributed by atoms with E-state index in [-0.39, 0.29) is 0 Å². The topological polar surface area (TPSA) is 28.2 Å². The molecule has 2 atom stereocenters. The van der Waals surface area contributed by atoms with Gasteiger partial charge < -0.3 is 10.2 Å². The Bertz CT molecular complexity index is 368. The third-order valence-electron chi connectivity index (χ3n) is 3.65. The lowest BCUT2D eigenvalue weighted by Crippen LogP contribution is -2.39. The van der Waals surface area contributed by atoms with Gasteiger partial charge in [0.25, 0.3) is 0 Å². The summed E-state index contributed by atoms with van der Waals surface area (Å²) in [4.78, 5) is 6.80. The molecule has 18 heavy (non-hydrogen) atoms. The molecular weight excluding hydrogens is 222 g/mol. The number of nitrogens with zero attached hydrogens (tertiary/aromatic N) is 2. The van der Waals surface area contributed by atoms with Gasteiger partial charge in [0, 0.05) is 43.3 Å². The first-order chi connectivity index (χ1) is 8.70. The molecule has 2 unspecified atom stereocenters. The monoisotopic (exact) mass is 247 g/mol. The van der Waals surface area contributed by atoms with Crippen molar-refractivity contribution in [3.8, 4) is 0 Å². The highest BCUT2D eigenvalue weighted by Gasteiger charge is 2.23. The van der Waals surface area contributed by atoms with Crippen LogP contribution < -0.4 is 10.2 Å². The predicted octanol–water partition coefficient (Wildman–Crippen LogP) is 2.67. The van der Waals surface area contributed by atoms with Gasteiger partial charge in [-0.05, 0) is 30.9 Å². The van der Waals surface area contributed by atoms with Gasteiger partial charge in [0.2, 0.25) is 0 Å². The molecule has 0 saturated carbocycles. The highest BCUT2D eigenvalue weighted by atomic mass is 15.1. The van der Waals surface area contributed by atoms with E-state index in [4.69, 9.17) is 0 Å². The molecule has 0 bridgehead atoms. The smallest absolute Gasteiger partial charge is 0.0443 e. The minimum Gasteiger partial charge on any atom is -0.371 e. The minimum absolute atomic E-state index is 0.786. The molecule has 3 heteroatoms. The van der Waals surface area contributed by atoms with Gasteiger partial charge in [-0.1, -0.05) is 20.8 Å². The Morgan fingerprint density at radius 1 is 1.33 bits per heavy atom. The summed E-state index contributed by atoms with van der Waals surface area (Å²) in [7, 11) is 0. The van der Waals surface area contributed by atoms with E-state index in [9.17, 15) is 0 Å². The summed E-state index contributed by atoms with van der Waals surface area (Å²) in [5.41, 5.74) is 2.69. The number of rotatable bonds is 4. The van der Waals surface area contributed by atoms with Crippen LogP contribution in [-0.4, -0.2) is 24.6 Å². The molecule has 2 rings (SSSR count). The number of nitrogens with one attached hydrogen (secondary N) is 1. The average molecular weight is 247 g/mol. The fourth-order valence-corrected chi connectivity index (χ4v) is 2.98. The summed E-state index contributed by atoms with van der Waals surface area (Å²) < 4.78 is 0. The minimum atomic E-state index is 0.786. The first-order valence-corrected chi connectivity index (χ1v) is 7.09. The standard InChI is InChI=1S/C15H25N3/c1-4-16-8-14-9-17-6-5-15(14)18-10-12(2)7-13(3)11-18/h5-6,9,12-13,16H,4,7-8,10-11H2,1-3H3. The second-order valence-corrected chi connectivity index (χ2v) is 5.64. The second-order valence-electron chi connectivity index (χ2n) is 5.64. The Labute approximate surface area is 111 Å². The molecule has 1 N–H and O–H groups in total. The summed E-state index contributed by atoms with van der Waals surface area (Å²) in [6, 6.07) is 2.16. The van der Waals surface area contributed by atoms with E-state index in [2.05, 4.69) is 42.0 Å². The maximum Gasteiger partial charge on any atom is 0.0443 e. The van der Waals surface area contributed by atoms with Crippen LogP contribution in [-0.2, 0) is 6.54 Å². The van der Waals surface area contributed by atoms with Crippen LogP contribution in [0.25, 0.3) is 0 Å². The quantitative estimate of drug-likeness (QED) is 0.886. The highest BCUT2D eigenvalue weighted by molar-refractivity contribution is 5.52. The van der Waals surface area contributed by atoms with Crippen molar-refractivity contribution in [1.82, 2.24) is 10.3 Å². The number of piperidine rings is 1. The van der Waals surface area contributed by atoms with Gasteiger partial charge in [0.05, 0.1) is 0 Å². The van der Waals surface area contributed by atoms with Crippen LogP contribution >= 0.6 is 0 Å². The van der Waals surface area contributed by atoms with E-state index in [1.54, 1.807) is 0 Å². The van der Waals surface area contributed by atoms with Crippen LogP contribution in [0.4, 0.5) is 5.69 Å². The molecule has 0 aliphatic carbocycles. The van der Waals surface area contributed by atoms with Gasteiger partial charge in [0.1, 0.15) is 0 Å². The van der Waals surface area contributed by atoms with Crippen LogP contribution in [0, 0.1) is 11.8 Å². The van der Waals surface area contributed by atoms with Crippen molar-refractivity contribution in [2.24, 2.45) is 11.8 Å². The lowest BCUT2D eigenvalue weighted by atomic mass is 9.91. The van der Waals surface area contributed by atoms with E-state index in [1.165, 1.54) is 30.8 Å². The summed E-state index contributed by atoms with van der Waals surface area (Å²) in [6.07, 6.45) is 5.26. The SMILES string of the molecule is CCNCc1cnccc1N1CC(C)CC(C)C1. The fraction of sp³-hybridized carbons (Fsp3) is 0.667. The summed E-state index contributed by atoms with van der Waals surface area (Å²) in [5, 5.41) is 3.40. The predicted molar refractivity (Wildman–Crippen MR) is 76.8 cm³/mol. The van der Waals surface area contributed by atoms with Gasteiger partial charge in [-0.2, -0.15) is 0 Å². The molecule has 3 nitrogen and oxygen atoms in total. The Kier molecular flexibility index (Phi) is 4.59. The van der Waals surface area contributed by atoms with Crippen molar-refractivity contribution in [3.63, 3.8) is 0 Å². The van der Waals surface area contributed by atoms with Gasteiger partial charge in [-0.15, -0.1) is 0 Å². The zero-order chi connectivity index (χ0) is 13.0. The third-order valence-corrected chi connectivity index (χ3v) is 3.65. The molecule has 1 fully saturated rings. The molecule has 2 heterocycles. The largest absolute Gasteiger partial charge is 0.371 e. The normalized spacial score (nSPS) is 24.3. The van der Waals surface area contributed by atoms with Crippen molar-refractivity contribution in [1.29, 1.82) is 0 Å². The molecule has 1 aromatic rings. The van der Waals surface area contributed by atoms with Crippen LogP contribution in [0.3, 0.4) is 0 Å². The second kappa shape index (κ2) is 6.19. The Balaban J connectivity index is 2.15. The summed E-state index contributed by atoms with van der Waals surface area (Å²) in [5.74, 6) is 1.57. The molecule has 1 saturated heterocycles. The molecule has 1 aliphatic rings. The van der Waals surface area contributed by atoms with E-state index >= 15 is 0 Å². The van der Waals surface area contributed by atoms with E-state index in [0.29, 0.717) is 0 Å². The van der Waals surface area contributed by atoms with Crippen molar-refractivity contribution in [2.75, 3.05) is 24.5 Å². The first-order valence-electron chi connectivity index (χ1n) is 7.09. The first kappa shape index (κ1) is 13.3. The summed E-state index contributed by atoms with van der Waals surface area (Å²) >= 11 is 0. The van der Waals surface area contributed by atoms with Crippen molar-refractivity contribution in [3.05, 3.63) is 24.0 Å². The van der Waals surface area contributed by atoms with Gasteiger partial charge in [-0.25, -0.2) is 0 Å². The summed E-state index contributed by atoms with van der Waals surface area (Å²) in [6.45, 7) is 11.1. The zero-order valence-electron chi connectivity index (χ0n) is 11.8. The van der Waals surface area contributed by atoms with Crippen LogP contribution in [0.2, 0.25) is 0 Å². The van der Waals surface area contributed by atoms with E-state index in [0.717, 1.165) is 24.9 Å². The molecule has 0 amide bonds. The number of hydrogen-bond donors (Lipinski definition) is 1. The zero-order valence-corrected chi connectivity index (χ0v) is 11.8. The maximum atomic E-state index is 4.26. The lowest BCUT2D eigenvalue weighted by Gasteiger charge is -2.37. The molecule has 1 aromatic heterocycles. The van der Waals surface area contributed by atoms with E-state index < -0.39 is 0 Å². The van der Waals surface area contributed by atoms with Gasteiger partial charge in [0.15, 0.2) is 0 Å². The highest BCUT2D eigenvalue weighted by Crippen LogP contribution is 2.28. The number of pyridine rings is 1. The number of hydrogen-bond acceptors (Lipinski definition) is 3. The third kappa shape index (κ3) is 3.22. The van der Waals surface area contributed by atoms with Crippen molar-refractivity contribution < 1.29 is 0 Å². The Morgan fingerprint density at radius 2 is 2.06 bits per heavy atom. The lowest BCUT2D eigenvalue weighted by molar-refractivity contribution is 0.356. The molecule has 0 spiro atoms. The maximum absolute atomic E-state index is 4.26. The number of aromatic nitrogens is 1. The average Bonchev–Trinajstić information content (AvgIpc) is 2.35. The van der Waals surface area contributed by atoms with Crippen LogP contribution in [0.1, 0.15) is 32.8 Å².